The lowest BCUT2D eigenvalue weighted by Gasteiger charge is -2.42. The average molecular weight is 432 g/mol. The van der Waals surface area contributed by atoms with Crippen molar-refractivity contribution in [2.45, 2.75) is 25.3 Å². The van der Waals surface area contributed by atoms with Gasteiger partial charge in [-0.3, -0.25) is 0 Å². The first-order valence-corrected chi connectivity index (χ1v) is 12.0. The summed E-state index contributed by atoms with van der Waals surface area (Å²) < 4.78 is 23.7. The minimum atomic E-state index is -3.25. The van der Waals surface area contributed by atoms with Gasteiger partial charge in [-0.1, -0.05) is 78.0 Å². The van der Waals surface area contributed by atoms with Gasteiger partial charge in [-0.2, -0.15) is 0 Å². The summed E-state index contributed by atoms with van der Waals surface area (Å²) in [6.07, 6.45) is 1.22. The molecular weight excluding hydrogens is 406 g/mol. The largest absolute Gasteiger partial charge is 0.391 e. The molecule has 0 saturated carbocycles. The van der Waals surface area contributed by atoms with E-state index in [1.807, 2.05) is 60.7 Å². The van der Waals surface area contributed by atoms with Crippen LogP contribution in [0.4, 0.5) is 0 Å². The fourth-order valence-corrected chi connectivity index (χ4v) is 4.59. The van der Waals surface area contributed by atoms with Crippen LogP contribution in [0.25, 0.3) is 11.1 Å². The van der Waals surface area contributed by atoms with Crippen molar-refractivity contribution in [1.82, 2.24) is 0 Å². The van der Waals surface area contributed by atoms with E-state index in [1.54, 1.807) is 12.1 Å². The predicted molar refractivity (Wildman–Crippen MR) is 125 cm³/mol. The standard InChI is InChI=1S/C26H25NO3S/c1-26(2)24(21-12-8-5-9-13-21)23(20-14-16-22(17-15-20)31(3,28)29)25(26)27-30-18-19-10-6-4-7-11-19/h4-17H,18H2,1-3H3/b27-25-. The highest BCUT2D eigenvalue weighted by Crippen LogP contribution is 2.53. The number of sulfone groups is 1. The predicted octanol–water partition coefficient (Wildman–Crippen LogP) is 5.61. The zero-order valence-corrected chi connectivity index (χ0v) is 18.7. The molecule has 1 aliphatic carbocycles. The molecule has 1 aliphatic rings. The second-order valence-corrected chi connectivity index (χ2v) is 10.3. The van der Waals surface area contributed by atoms with Gasteiger partial charge in [0.1, 0.15) is 6.61 Å². The number of nitrogens with zero attached hydrogens (tertiary/aromatic N) is 1. The second kappa shape index (κ2) is 8.16. The van der Waals surface area contributed by atoms with Crippen molar-refractivity contribution in [2.24, 2.45) is 10.6 Å². The summed E-state index contributed by atoms with van der Waals surface area (Å²) in [6, 6.07) is 27.1. The number of benzene rings is 3. The minimum absolute atomic E-state index is 0.301. The van der Waals surface area contributed by atoms with Crippen LogP contribution in [0, 0.1) is 5.41 Å². The molecule has 0 aliphatic heterocycles. The lowest BCUT2D eigenvalue weighted by atomic mass is 9.60. The third-order valence-electron chi connectivity index (χ3n) is 5.57. The van der Waals surface area contributed by atoms with Gasteiger partial charge in [0.15, 0.2) is 9.84 Å². The molecule has 0 N–H and O–H groups in total. The monoisotopic (exact) mass is 431 g/mol. The van der Waals surface area contributed by atoms with Gasteiger partial charge in [-0.25, -0.2) is 8.42 Å². The van der Waals surface area contributed by atoms with E-state index < -0.39 is 9.84 Å². The Kier molecular flexibility index (Phi) is 5.54. The van der Waals surface area contributed by atoms with Gasteiger partial charge in [-0.15, -0.1) is 0 Å². The van der Waals surface area contributed by atoms with Crippen molar-refractivity contribution in [3.05, 3.63) is 102 Å². The molecule has 158 valence electrons. The molecule has 0 fully saturated rings. The Labute approximate surface area is 183 Å². The third-order valence-corrected chi connectivity index (χ3v) is 6.70. The summed E-state index contributed by atoms with van der Waals surface area (Å²) in [5.41, 5.74) is 5.81. The molecule has 31 heavy (non-hydrogen) atoms. The van der Waals surface area contributed by atoms with Crippen LogP contribution in [0.15, 0.2) is 95.0 Å². The average Bonchev–Trinajstić information content (AvgIpc) is 2.76. The van der Waals surface area contributed by atoms with Crippen LogP contribution >= 0.6 is 0 Å². The first kappa shape index (κ1) is 21.1. The molecule has 0 unspecified atom stereocenters. The normalized spacial score (nSPS) is 16.8. The van der Waals surface area contributed by atoms with Crippen LogP contribution in [0.5, 0.6) is 0 Å². The van der Waals surface area contributed by atoms with E-state index in [0.29, 0.717) is 11.5 Å². The Morgan fingerprint density at radius 3 is 1.97 bits per heavy atom. The summed E-state index contributed by atoms with van der Waals surface area (Å²) in [4.78, 5) is 6.03. The van der Waals surface area contributed by atoms with Gasteiger partial charge in [0.25, 0.3) is 0 Å². The maximum absolute atomic E-state index is 11.9. The molecule has 0 bridgehead atoms. The van der Waals surface area contributed by atoms with Crippen LogP contribution in [-0.4, -0.2) is 20.4 Å². The fraction of sp³-hybridized carbons (Fsp3) is 0.192. The lowest BCUT2D eigenvalue weighted by Crippen LogP contribution is -2.38. The molecule has 0 atom stereocenters. The zero-order chi connectivity index (χ0) is 22.1. The van der Waals surface area contributed by atoms with E-state index in [-0.39, 0.29) is 5.41 Å². The van der Waals surface area contributed by atoms with E-state index in [4.69, 9.17) is 4.84 Å². The molecule has 4 rings (SSSR count). The van der Waals surface area contributed by atoms with Crippen LogP contribution in [-0.2, 0) is 21.3 Å². The number of rotatable bonds is 6. The Morgan fingerprint density at radius 2 is 1.39 bits per heavy atom. The van der Waals surface area contributed by atoms with E-state index in [9.17, 15) is 8.42 Å². The zero-order valence-electron chi connectivity index (χ0n) is 17.9. The molecule has 0 saturated heterocycles. The van der Waals surface area contributed by atoms with Crippen molar-refractivity contribution in [2.75, 3.05) is 6.26 Å². The highest BCUT2D eigenvalue weighted by molar-refractivity contribution is 7.90. The molecule has 5 heteroatoms. The highest BCUT2D eigenvalue weighted by Gasteiger charge is 2.45. The summed E-state index contributed by atoms with van der Waals surface area (Å²) in [5.74, 6) is 0. The summed E-state index contributed by atoms with van der Waals surface area (Å²) >= 11 is 0. The summed E-state index contributed by atoms with van der Waals surface area (Å²) in [5, 5.41) is 4.52. The highest BCUT2D eigenvalue weighted by atomic mass is 32.2. The van der Waals surface area contributed by atoms with Crippen molar-refractivity contribution in [3.63, 3.8) is 0 Å². The van der Waals surface area contributed by atoms with Crippen molar-refractivity contribution < 1.29 is 13.3 Å². The SMILES string of the molecule is CC1(C)C(c2ccccc2)=C(c2ccc(S(C)(=O)=O)cc2)/C1=N/OCc1ccccc1. The molecule has 4 nitrogen and oxygen atoms in total. The lowest BCUT2D eigenvalue weighted by molar-refractivity contribution is 0.128. The summed E-state index contributed by atoms with van der Waals surface area (Å²) in [6.45, 7) is 4.66. The first-order chi connectivity index (χ1) is 14.8. The first-order valence-electron chi connectivity index (χ1n) is 10.1. The minimum Gasteiger partial charge on any atom is -0.391 e. The molecule has 0 amide bonds. The Bertz CT molecular complexity index is 1240. The number of hydrogen-bond donors (Lipinski definition) is 0. The Morgan fingerprint density at radius 1 is 0.806 bits per heavy atom. The smallest absolute Gasteiger partial charge is 0.175 e. The summed E-state index contributed by atoms with van der Waals surface area (Å²) in [7, 11) is -3.25. The van der Waals surface area contributed by atoms with E-state index in [0.717, 1.165) is 28.0 Å². The molecule has 0 spiro atoms. The second-order valence-electron chi connectivity index (χ2n) is 8.24. The molecule has 0 radical (unpaired) electrons. The fourth-order valence-electron chi connectivity index (χ4n) is 3.96. The molecular formula is C26H25NO3S. The molecule has 3 aromatic rings. The van der Waals surface area contributed by atoms with Crippen molar-refractivity contribution in [3.8, 4) is 0 Å². The van der Waals surface area contributed by atoms with Gasteiger partial charge in [0.2, 0.25) is 0 Å². The quantitative estimate of drug-likeness (QED) is 0.477. The molecule has 3 aromatic carbocycles. The topological polar surface area (TPSA) is 55.7 Å². The van der Waals surface area contributed by atoms with Gasteiger partial charge in [-0.05, 0) is 48.2 Å². The van der Waals surface area contributed by atoms with Gasteiger partial charge in [0, 0.05) is 17.2 Å². The van der Waals surface area contributed by atoms with Crippen LogP contribution in [0.1, 0.15) is 30.5 Å². The maximum Gasteiger partial charge on any atom is 0.175 e. The molecule has 0 aromatic heterocycles. The van der Waals surface area contributed by atoms with Crippen LogP contribution < -0.4 is 0 Å². The number of allylic oxidation sites excluding steroid dienone is 2. The Hall–Kier alpha value is -3.18. The van der Waals surface area contributed by atoms with Gasteiger partial charge in [0.05, 0.1) is 10.6 Å². The number of oxime groups is 1. The Balaban J connectivity index is 1.75. The van der Waals surface area contributed by atoms with Crippen LogP contribution in [0.2, 0.25) is 0 Å². The maximum atomic E-state index is 11.9. The van der Waals surface area contributed by atoms with Gasteiger partial charge >= 0.3 is 0 Å². The third kappa shape index (κ3) is 4.19. The van der Waals surface area contributed by atoms with E-state index >= 15 is 0 Å². The number of hydrogen-bond acceptors (Lipinski definition) is 4. The molecule has 0 heterocycles. The van der Waals surface area contributed by atoms with Crippen molar-refractivity contribution in [1.29, 1.82) is 0 Å². The van der Waals surface area contributed by atoms with Gasteiger partial charge < -0.3 is 4.84 Å². The van der Waals surface area contributed by atoms with E-state index in [2.05, 4.69) is 31.1 Å². The van der Waals surface area contributed by atoms with E-state index in [1.165, 1.54) is 11.8 Å². The van der Waals surface area contributed by atoms with Crippen molar-refractivity contribution >= 4 is 26.7 Å². The van der Waals surface area contributed by atoms with Crippen LogP contribution in [0.3, 0.4) is 0 Å².